The molecule has 0 amide bonds. The Hall–Kier alpha value is -1.61. The number of nitrogens with zero attached hydrogens (tertiary/aromatic N) is 2. The van der Waals surface area contributed by atoms with Crippen LogP contribution in [0, 0.1) is 6.92 Å². The van der Waals surface area contributed by atoms with Crippen molar-refractivity contribution in [1.29, 1.82) is 0 Å². The van der Waals surface area contributed by atoms with Gasteiger partial charge in [0, 0.05) is 18.7 Å². The molecule has 0 spiro atoms. The zero-order chi connectivity index (χ0) is 13.2. The summed E-state index contributed by atoms with van der Waals surface area (Å²) in [5.41, 5.74) is 4.00. The van der Waals surface area contributed by atoms with Gasteiger partial charge in [-0.15, -0.1) is 0 Å². The number of fused-ring (bicyclic) bond motifs is 1. The number of rotatable bonds is 3. The van der Waals surface area contributed by atoms with E-state index in [4.69, 9.17) is 4.52 Å². The molecule has 0 fully saturated rings. The molecule has 1 aromatic heterocycles. The van der Waals surface area contributed by atoms with E-state index in [0.29, 0.717) is 6.04 Å². The first-order valence-electron chi connectivity index (χ1n) is 6.94. The molecule has 1 unspecified atom stereocenters. The average molecular weight is 256 g/mol. The highest BCUT2D eigenvalue weighted by molar-refractivity contribution is 5.32. The Morgan fingerprint density at radius 3 is 3.00 bits per heavy atom. The Kier molecular flexibility index (Phi) is 3.38. The molecule has 1 heterocycles. The highest BCUT2D eigenvalue weighted by Gasteiger charge is 2.23. The summed E-state index contributed by atoms with van der Waals surface area (Å²) in [6, 6.07) is 11.3. The average Bonchev–Trinajstić information content (AvgIpc) is 2.83. The fraction of sp³-hybridized carbons (Fsp3) is 0.438. The second-order valence-electron chi connectivity index (χ2n) is 5.45. The van der Waals surface area contributed by atoms with E-state index >= 15 is 0 Å². The van der Waals surface area contributed by atoms with Crippen LogP contribution in [0.4, 0.5) is 0 Å². The monoisotopic (exact) mass is 256 g/mol. The molecule has 100 valence electrons. The molecule has 0 aliphatic heterocycles. The highest BCUT2D eigenvalue weighted by atomic mass is 16.5. The first-order valence-corrected chi connectivity index (χ1v) is 6.94. The molecule has 19 heavy (non-hydrogen) atoms. The smallest absolute Gasteiger partial charge is 0.133 e. The molecule has 0 bridgehead atoms. The summed E-state index contributed by atoms with van der Waals surface area (Å²) in [5.74, 6) is 0.882. The van der Waals surface area contributed by atoms with Crippen LogP contribution >= 0.6 is 0 Å². The molecule has 1 aromatic carbocycles. The predicted octanol–water partition coefficient (Wildman–Crippen LogP) is 3.49. The lowest BCUT2D eigenvalue weighted by Crippen LogP contribution is -2.27. The van der Waals surface area contributed by atoms with Crippen LogP contribution in [0.25, 0.3) is 0 Å². The Morgan fingerprint density at radius 1 is 1.37 bits per heavy atom. The first-order chi connectivity index (χ1) is 9.24. The second kappa shape index (κ2) is 5.17. The quantitative estimate of drug-likeness (QED) is 0.841. The number of aryl methyl sites for hydroxylation is 2. The van der Waals surface area contributed by atoms with Crippen molar-refractivity contribution >= 4 is 0 Å². The van der Waals surface area contributed by atoms with Gasteiger partial charge in [0.2, 0.25) is 0 Å². The zero-order valence-corrected chi connectivity index (χ0v) is 11.6. The summed E-state index contributed by atoms with van der Waals surface area (Å²) in [7, 11) is 2.18. The van der Waals surface area contributed by atoms with Gasteiger partial charge in [-0.1, -0.05) is 29.4 Å². The van der Waals surface area contributed by atoms with E-state index in [9.17, 15) is 0 Å². The minimum absolute atomic E-state index is 0.502. The lowest BCUT2D eigenvalue weighted by molar-refractivity contribution is 0.207. The normalized spacial score (nSPS) is 18.6. The molecule has 3 rings (SSSR count). The number of hydrogen-bond donors (Lipinski definition) is 0. The fourth-order valence-electron chi connectivity index (χ4n) is 3.04. The molecule has 3 heteroatoms. The van der Waals surface area contributed by atoms with E-state index in [2.05, 4.69) is 41.4 Å². The molecule has 1 aliphatic carbocycles. The molecular formula is C16H20N2O. The van der Waals surface area contributed by atoms with Crippen LogP contribution < -0.4 is 0 Å². The van der Waals surface area contributed by atoms with Crippen molar-refractivity contribution in [3.63, 3.8) is 0 Å². The lowest BCUT2D eigenvalue weighted by Gasteiger charge is -2.32. The Bertz CT molecular complexity index is 561. The van der Waals surface area contributed by atoms with Crippen LogP contribution in [0.2, 0.25) is 0 Å². The van der Waals surface area contributed by atoms with Gasteiger partial charge < -0.3 is 4.52 Å². The number of hydrogen-bond acceptors (Lipinski definition) is 3. The third-order valence-corrected chi connectivity index (χ3v) is 3.96. The van der Waals surface area contributed by atoms with Gasteiger partial charge in [0.05, 0.1) is 5.69 Å². The molecular weight excluding hydrogens is 236 g/mol. The molecule has 1 atom stereocenters. The van der Waals surface area contributed by atoms with Gasteiger partial charge in [-0.3, -0.25) is 4.90 Å². The van der Waals surface area contributed by atoms with Gasteiger partial charge in [0.15, 0.2) is 0 Å². The summed E-state index contributed by atoms with van der Waals surface area (Å²) in [5, 5.41) is 4.09. The first kappa shape index (κ1) is 12.4. The minimum Gasteiger partial charge on any atom is -0.361 e. The predicted molar refractivity (Wildman–Crippen MR) is 74.8 cm³/mol. The SMILES string of the molecule is Cc1cc(CN(C)C2CCCc3ccccc32)no1. The van der Waals surface area contributed by atoms with Crippen molar-refractivity contribution in [3.05, 3.63) is 52.9 Å². The summed E-state index contributed by atoms with van der Waals surface area (Å²) in [4.78, 5) is 2.38. The summed E-state index contributed by atoms with van der Waals surface area (Å²) >= 11 is 0. The third kappa shape index (κ3) is 2.56. The third-order valence-electron chi connectivity index (χ3n) is 3.96. The van der Waals surface area contributed by atoms with Crippen molar-refractivity contribution in [2.45, 2.75) is 38.8 Å². The van der Waals surface area contributed by atoms with Crippen molar-refractivity contribution < 1.29 is 4.52 Å². The van der Waals surface area contributed by atoms with E-state index < -0.39 is 0 Å². The van der Waals surface area contributed by atoms with Gasteiger partial charge in [-0.25, -0.2) is 0 Å². The van der Waals surface area contributed by atoms with Gasteiger partial charge >= 0.3 is 0 Å². The molecule has 3 nitrogen and oxygen atoms in total. The van der Waals surface area contributed by atoms with E-state index in [1.54, 1.807) is 0 Å². The van der Waals surface area contributed by atoms with Crippen molar-refractivity contribution in [2.24, 2.45) is 0 Å². The maximum atomic E-state index is 5.15. The summed E-state index contributed by atoms with van der Waals surface area (Å²) in [6.45, 7) is 2.78. The van der Waals surface area contributed by atoms with Crippen molar-refractivity contribution in [2.75, 3.05) is 7.05 Å². The Morgan fingerprint density at radius 2 is 2.21 bits per heavy atom. The number of aromatic nitrogens is 1. The van der Waals surface area contributed by atoms with E-state index in [1.807, 2.05) is 13.0 Å². The van der Waals surface area contributed by atoms with Crippen LogP contribution in [0.15, 0.2) is 34.9 Å². The molecule has 0 radical (unpaired) electrons. The maximum absolute atomic E-state index is 5.15. The Balaban J connectivity index is 1.79. The molecule has 0 saturated carbocycles. The van der Waals surface area contributed by atoms with E-state index in [1.165, 1.54) is 30.4 Å². The van der Waals surface area contributed by atoms with Gasteiger partial charge in [-0.05, 0) is 44.4 Å². The van der Waals surface area contributed by atoms with Gasteiger partial charge in [0.25, 0.3) is 0 Å². The van der Waals surface area contributed by atoms with Crippen LogP contribution in [0.5, 0.6) is 0 Å². The molecule has 0 N–H and O–H groups in total. The molecule has 2 aromatic rings. The van der Waals surface area contributed by atoms with Gasteiger partial charge in [-0.2, -0.15) is 0 Å². The fourth-order valence-corrected chi connectivity index (χ4v) is 3.04. The minimum atomic E-state index is 0.502. The van der Waals surface area contributed by atoms with Crippen LogP contribution in [0.1, 0.15) is 41.5 Å². The summed E-state index contributed by atoms with van der Waals surface area (Å²) in [6.07, 6.45) is 3.71. The largest absolute Gasteiger partial charge is 0.361 e. The van der Waals surface area contributed by atoms with Gasteiger partial charge in [0.1, 0.15) is 5.76 Å². The van der Waals surface area contributed by atoms with Crippen LogP contribution in [0.3, 0.4) is 0 Å². The molecule has 0 saturated heterocycles. The maximum Gasteiger partial charge on any atom is 0.133 e. The van der Waals surface area contributed by atoms with E-state index in [-0.39, 0.29) is 0 Å². The van der Waals surface area contributed by atoms with Crippen LogP contribution in [-0.2, 0) is 13.0 Å². The second-order valence-corrected chi connectivity index (χ2v) is 5.45. The van der Waals surface area contributed by atoms with Crippen molar-refractivity contribution in [3.8, 4) is 0 Å². The highest BCUT2D eigenvalue weighted by Crippen LogP contribution is 2.33. The molecule has 1 aliphatic rings. The standard InChI is InChI=1S/C16H20N2O/c1-12-10-14(17-19-12)11-18(2)16-9-5-7-13-6-3-4-8-15(13)16/h3-4,6,8,10,16H,5,7,9,11H2,1-2H3. The number of benzene rings is 1. The van der Waals surface area contributed by atoms with Crippen LogP contribution in [-0.4, -0.2) is 17.1 Å². The lowest BCUT2D eigenvalue weighted by atomic mass is 9.87. The topological polar surface area (TPSA) is 29.3 Å². The van der Waals surface area contributed by atoms with E-state index in [0.717, 1.165) is 18.0 Å². The zero-order valence-electron chi connectivity index (χ0n) is 11.6. The summed E-state index contributed by atoms with van der Waals surface area (Å²) < 4.78 is 5.15. The van der Waals surface area contributed by atoms with Crippen molar-refractivity contribution in [1.82, 2.24) is 10.1 Å². The Labute approximate surface area is 114 Å².